The number of methoxy groups -OCH3 is 1. The maximum Gasteiger partial charge on any atom is 0.321 e. The maximum absolute atomic E-state index is 12.2. The first-order chi connectivity index (χ1) is 11.9. The van der Waals surface area contributed by atoms with Crippen LogP contribution >= 0.6 is 0 Å². The number of carboxylic acids is 1. The smallest absolute Gasteiger partial charge is 0.321 e. The van der Waals surface area contributed by atoms with E-state index in [1.807, 2.05) is 0 Å². The van der Waals surface area contributed by atoms with Gasteiger partial charge in [0.25, 0.3) is 5.69 Å². The van der Waals surface area contributed by atoms with Gasteiger partial charge in [-0.1, -0.05) is 12.8 Å². The summed E-state index contributed by atoms with van der Waals surface area (Å²) in [6, 6.07) is 2.93. The van der Waals surface area contributed by atoms with Crippen LogP contribution in [0.25, 0.3) is 0 Å². The van der Waals surface area contributed by atoms with Crippen molar-refractivity contribution in [3.63, 3.8) is 0 Å². The lowest BCUT2D eigenvalue weighted by Gasteiger charge is -2.19. The van der Waals surface area contributed by atoms with Crippen LogP contribution in [0.15, 0.2) is 18.2 Å². The van der Waals surface area contributed by atoms with Gasteiger partial charge in [0.05, 0.1) is 30.2 Å². The SMILES string of the molecule is COc1cc([N+](=O)[O-])ccc1NC(=O)CC(NC1CCCC1)C(=O)O. The normalized spacial score (nSPS) is 15.6. The Morgan fingerprint density at radius 2 is 2.08 bits per heavy atom. The van der Waals surface area contributed by atoms with Crippen LogP contribution in [-0.4, -0.2) is 41.1 Å². The number of rotatable bonds is 8. The van der Waals surface area contributed by atoms with Gasteiger partial charge in [0, 0.05) is 12.1 Å². The summed E-state index contributed by atoms with van der Waals surface area (Å²) in [6.45, 7) is 0. The van der Waals surface area contributed by atoms with Gasteiger partial charge in [-0.05, 0) is 18.9 Å². The zero-order valence-corrected chi connectivity index (χ0v) is 13.9. The van der Waals surface area contributed by atoms with E-state index in [-0.39, 0.29) is 29.6 Å². The Morgan fingerprint density at radius 1 is 1.40 bits per heavy atom. The number of carbonyl (C=O) groups excluding carboxylic acids is 1. The van der Waals surface area contributed by atoms with E-state index in [1.165, 1.54) is 25.3 Å². The van der Waals surface area contributed by atoms with Gasteiger partial charge in [0.2, 0.25) is 5.91 Å². The lowest BCUT2D eigenvalue weighted by atomic mass is 10.1. The molecule has 1 aromatic rings. The van der Waals surface area contributed by atoms with Crippen LogP contribution in [0.3, 0.4) is 0 Å². The molecule has 2 rings (SSSR count). The second kappa shape index (κ2) is 8.43. The average molecular weight is 351 g/mol. The molecule has 1 fully saturated rings. The molecule has 1 aromatic carbocycles. The monoisotopic (exact) mass is 351 g/mol. The minimum atomic E-state index is -1.09. The molecular weight excluding hydrogens is 330 g/mol. The van der Waals surface area contributed by atoms with Crippen LogP contribution in [-0.2, 0) is 9.59 Å². The van der Waals surface area contributed by atoms with Crippen molar-refractivity contribution < 1.29 is 24.4 Å². The van der Waals surface area contributed by atoms with Gasteiger partial charge in [0.1, 0.15) is 11.8 Å². The Bertz CT molecular complexity index is 657. The predicted octanol–water partition coefficient (Wildman–Crippen LogP) is 1.92. The number of nitrogens with one attached hydrogen (secondary N) is 2. The number of benzene rings is 1. The standard InChI is InChI=1S/C16H21N3O6/c1-25-14-8-11(19(23)24)6-7-12(14)18-15(20)9-13(16(21)22)17-10-4-2-3-5-10/h6-8,10,13,17H,2-5,9H2,1H3,(H,18,20)(H,21,22). The Kier molecular flexibility index (Phi) is 6.29. The number of carboxylic acid groups (broad SMARTS) is 1. The van der Waals surface area contributed by atoms with Gasteiger partial charge in [-0.15, -0.1) is 0 Å². The molecule has 0 spiro atoms. The molecule has 1 unspecified atom stereocenters. The number of nitro benzene ring substituents is 1. The Hall–Kier alpha value is -2.68. The van der Waals surface area contributed by atoms with Gasteiger partial charge in [-0.2, -0.15) is 0 Å². The number of amides is 1. The summed E-state index contributed by atoms with van der Waals surface area (Å²) in [5.41, 5.74) is 0.0873. The number of aliphatic carboxylic acids is 1. The zero-order valence-electron chi connectivity index (χ0n) is 13.9. The van der Waals surface area contributed by atoms with Gasteiger partial charge in [-0.3, -0.25) is 19.7 Å². The van der Waals surface area contributed by atoms with E-state index in [9.17, 15) is 24.8 Å². The van der Waals surface area contributed by atoms with Crippen molar-refractivity contribution in [2.75, 3.05) is 12.4 Å². The quantitative estimate of drug-likeness (QED) is 0.481. The van der Waals surface area contributed by atoms with E-state index >= 15 is 0 Å². The molecule has 9 heteroatoms. The molecule has 1 aliphatic carbocycles. The van der Waals surface area contributed by atoms with E-state index in [2.05, 4.69) is 10.6 Å². The van der Waals surface area contributed by atoms with Crippen molar-refractivity contribution in [2.24, 2.45) is 0 Å². The molecule has 0 aliphatic heterocycles. The summed E-state index contributed by atoms with van der Waals surface area (Å²) in [4.78, 5) is 33.8. The van der Waals surface area contributed by atoms with Gasteiger partial charge < -0.3 is 20.5 Å². The second-order valence-electron chi connectivity index (χ2n) is 5.93. The summed E-state index contributed by atoms with van der Waals surface area (Å²) in [7, 11) is 1.33. The first-order valence-corrected chi connectivity index (χ1v) is 8.02. The highest BCUT2D eigenvalue weighted by atomic mass is 16.6. The van der Waals surface area contributed by atoms with Gasteiger partial charge in [-0.25, -0.2) is 0 Å². The fourth-order valence-corrected chi connectivity index (χ4v) is 2.88. The van der Waals surface area contributed by atoms with Crippen LogP contribution < -0.4 is 15.4 Å². The number of hydrogen-bond donors (Lipinski definition) is 3. The van der Waals surface area contributed by atoms with Crippen LogP contribution in [0.5, 0.6) is 5.75 Å². The Balaban J connectivity index is 2.02. The van der Waals surface area contributed by atoms with Crippen LogP contribution in [0, 0.1) is 10.1 Å². The first-order valence-electron chi connectivity index (χ1n) is 8.02. The topological polar surface area (TPSA) is 131 Å². The van der Waals surface area contributed by atoms with E-state index in [0.29, 0.717) is 0 Å². The van der Waals surface area contributed by atoms with Crippen molar-refractivity contribution in [1.82, 2.24) is 5.32 Å². The molecule has 3 N–H and O–H groups in total. The number of nitrogens with zero attached hydrogens (tertiary/aromatic N) is 1. The third-order valence-corrected chi connectivity index (χ3v) is 4.15. The summed E-state index contributed by atoms with van der Waals surface area (Å²) in [6.07, 6.45) is 3.67. The minimum Gasteiger partial charge on any atom is -0.494 e. The molecule has 9 nitrogen and oxygen atoms in total. The van der Waals surface area contributed by atoms with E-state index in [1.54, 1.807) is 0 Å². The van der Waals surface area contributed by atoms with Gasteiger partial charge >= 0.3 is 5.97 Å². The highest BCUT2D eigenvalue weighted by Crippen LogP contribution is 2.29. The number of nitro groups is 1. The summed E-state index contributed by atoms with van der Waals surface area (Å²) in [5, 5.41) is 25.6. The molecule has 25 heavy (non-hydrogen) atoms. The lowest BCUT2D eigenvalue weighted by Crippen LogP contribution is -2.44. The second-order valence-corrected chi connectivity index (χ2v) is 5.93. The molecule has 0 radical (unpaired) electrons. The third-order valence-electron chi connectivity index (χ3n) is 4.15. The molecule has 0 bridgehead atoms. The van der Waals surface area contributed by atoms with Crippen molar-refractivity contribution in [1.29, 1.82) is 0 Å². The molecule has 0 heterocycles. The molecule has 0 saturated heterocycles. The van der Waals surface area contributed by atoms with Crippen molar-refractivity contribution in [3.8, 4) is 5.75 Å². The van der Waals surface area contributed by atoms with Crippen molar-refractivity contribution >= 4 is 23.3 Å². The number of non-ortho nitro benzene ring substituents is 1. The van der Waals surface area contributed by atoms with E-state index < -0.39 is 22.8 Å². The molecule has 136 valence electrons. The van der Waals surface area contributed by atoms with Crippen molar-refractivity contribution in [2.45, 2.75) is 44.2 Å². The molecular formula is C16H21N3O6. The third kappa shape index (κ3) is 5.15. The average Bonchev–Trinajstić information content (AvgIpc) is 3.07. The van der Waals surface area contributed by atoms with Crippen LogP contribution in [0.2, 0.25) is 0 Å². The molecule has 0 aromatic heterocycles. The molecule has 1 aliphatic rings. The zero-order chi connectivity index (χ0) is 18.4. The molecule has 1 saturated carbocycles. The summed E-state index contributed by atoms with van der Waals surface area (Å²) < 4.78 is 5.05. The Morgan fingerprint density at radius 3 is 2.64 bits per heavy atom. The molecule has 1 atom stereocenters. The number of ether oxygens (including phenoxy) is 1. The fourth-order valence-electron chi connectivity index (χ4n) is 2.88. The first kappa shape index (κ1) is 18.7. The predicted molar refractivity (Wildman–Crippen MR) is 89.7 cm³/mol. The van der Waals surface area contributed by atoms with Gasteiger partial charge in [0.15, 0.2) is 0 Å². The maximum atomic E-state index is 12.2. The number of anilines is 1. The fraction of sp³-hybridized carbons (Fsp3) is 0.500. The summed E-state index contributed by atoms with van der Waals surface area (Å²) in [5.74, 6) is -1.46. The van der Waals surface area contributed by atoms with Crippen LogP contribution in [0.4, 0.5) is 11.4 Å². The largest absolute Gasteiger partial charge is 0.494 e. The Labute approximate surface area is 144 Å². The number of hydrogen-bond acceptors (Lipinski definition) is 6. The highest BCUT2D eigenvalue weighted by Gasteiger charge is 2.26. The van der Waals surface area contributed by atoms with E-state index in [4.69, 9.17) is 4.74 Å². The summed E-state index contributed by atoms with van der Waals surface area (Å²) >= 11 is 0. The highest BCUT2D eigenvalue weighted by molar-refractivity contribution is 5.95. The van der Waals surface area contributed by atoms with Crippen LogP contribution in [0.1, 0.15) is 32.1 Å². The van der Waals surface area contributed by atoms with Crippen molar-refractivity contribution in [3.05, 3.63) is 28.3 Å². The minimum absolute atomic E-state index is 0.114. The van der Waals surface area contributed by atoms with E-state index in [0.717, 1.165) is 25.7 Å². The molecule has 1 amide bonds. The number of carbonyl (C=O) groups is 2. The lowest BCUT2D eigenvalue weighted by molar-refractivity contribution is -0.384.